The van der Waals surface area contributed by atoms with Crippen molar-refractivity contribution in [1.29, 1.82) is 0 Å². The van der Waals surface area contributed by atoms with Crippen molar-refractivity contribution < 1.29 is 14.6 Å². The predicted octanol–water partition coefficient (Wildman–Crippen LogP) is 6.09. The largest absolute Gasteiger partial charge is 0.481 e. The van der Waals surface area contributed by atoms with Crippen LogP contribution in [0.3, 0.4) is 0 Å². The first-order valence-corrected chi connectivity index (χ1v) is 17.9. The highest BCUT2D eigenvalue weighted by atomic mass is 35.5. The van der Waals surface area contributed by atoms with Crippen LogP contribution in [-0.4, -0.2) is 56.7 Å². The molecule has 5 aromatic rings. The highest BCUT2D eigenvalue weighted by molar-refractivity contribution is 6.39. The Bertz CT molecular complexity index is 2200. The zero-order valence-corrected chi connectivity index (χ0v) is 30.2. The van der Waals surface area contributed by atoms with Gasteiger partial charge in [-0.05, 0) is 56.9 Å². The molecule has 0 radical (unpaired) electrons. The fourth-order valence-corrected chi connectivity index (χ4v) is 7.70. The molecule has 2 aromatic carbocycles. The molecule has 0 spiro atoms. The summed E-state index contributed by atoms with van der Waals surface area (Å²) in [6.45, 7) is 5.27. The summed E-state index contributed by atoms with van der Waals surface area (Å²) in [5.74, 6) is 0.585. The lowest BCUT2D eigenvalue weighted by Gasteiger charge is -2.41. The Morgan fingerprint density at radius 2 is 1.69 bits per heavy atom. The standard InChI is InChI=1S/C39H40Cl2N6O4/c1-22-32(21-43-26-17-39(2,50)18-26)45-33-16-23(14-15-47(33)38(22)49)27-6-4-7-28(35(27)40)29-8-5-9-30(36(29)41)31-12-10-24(37(46-31)51-3)19-42-20-25-11-13-34(48)44-25/h4-10,12,14-16,25-26,42-43,50H,11,13,17-21H2,1-3H3,(H,44,48)/t25-,26?,39?/m1/s1. The number of carbonyl (C=O) groups is 1. The number of nitrogens with one attached hydrogen (secondary N) is 3. The van der Waals surface area contributed by atoms with E-state index in [-0.39, 0.29) is 23.6 Å². The number of hydrogen-bond donors (Lipinski definition) is 4. The molecule has 3 aromatic heterocycles. The normalized spacial score (nSPS) is 20.0. The Labute approximate surface area is 306 Å². The second kappa shape index (κ2) is 14.4. The van der Waals surface area contributed by atoms with E-state index in [1.165, 1.54) is 0 Å². The molecule has 12 heteroatoms. The molecular weight excluding hydrogens is 687 g/mol. The Balaban J connectivity index is 1.15. The zero-order chi connectivity index (χ0) is 35.9. The Morgan fingerprint density at radius 1 is 0.980 bits per heavy atom. The minimum Gasteiger partial charge on any atom is -0.481 e. The van der Waals surface area contributed by atoms with E-state index in [4.69, 9.17) is 37.9 Å². The minimum absolute atomic E-state index is 0.0935. The average Bonchev–Trinajstić information content (AvgIpc) is 3.53. The van der Waals surface area contributed by atoms with Crippen LogP contribution in [0.25, 0.3) is 39.2 Å². The quantitative estimate of drug-likeness (QED) is 0.129. The molecule has 0 bridgehead atoms. The molecule has 1 saturated heterocycles. The number of aromatic nitrogens is 3. The summed E-state index contributed by atoms with van der Waals surface area (Å²) < 4.78 is 7.20. The number of amides is 1. The van der Waals surface area contributed by atoms with Gasteiger partial charge in [-0.2, -0.15) is 0 Å². The third-order valence-electron chi connectivity index (χ3n) is 9.89. The first kappa shape index (κ1) is 35.1. The topological polar surface area (TPSA) is 130 Å². The highest BCUT2D eigenvalue weighted by Gasteiger charge is 2.38. The van der Waals surface area contributed by atoms with Crippen molar-refractivity contribution in [3.8, 4) is 39.4 Å². The van der Waals surface area contributed by atoms with Gasteiger partial charge in [-0.15, -0.1) is 0 Å². The second-order valence-corrected chi connectivity index (χ2v) is 14.5. The Morgan fingerprint density at radius 3 is 2.37 bits per heavy atom. The third kappa shape index (κ3) is 7.24. The summed E-state index contributed by atoms with van der Waals surface area (Å²) in [6.07, 6.45) is 4.47. The number of benzene rings is 2. The zero-order valence-electron chi connectivity index (χ0n) is 28.7. The summed E-state index contributed by atoms with van der Waals surface area (Å²) in [6, 6.07) is 19.5. The van der Waals surface area contributed by atoms with E-state index in [0.717, 1.165) is 39.8 Å². The molecule has 2 fully saturated rings. The van der Waals surface area contributed by atoms with Crippen LogP contribution < -0.4 is 26.2 Å². The van der Waals surface area contributed by atoms with Crippen molar-refractivity contribution in [2.24, 2.45) is 0 Å². The van der Waals surface area contributed by atoms with Gasteiger partial charge in [0, 0.05) is 77.7 Å². The maximum atomic E-state index is 13.3. The van der Waals surface area contributed by atoms with Crippen molar-refractivity contribution in [3.05, 3.63) is 104 Å². The number of ether oxygens (including phenoxy) is 1. The number of methoxy groups -OCH3 is 1. The molecule has 1 atom stereocenters. The van der Waals surface area contributed by atoms with Crippen LogP contribution in [0, 0.1) is 6.92 Å². The van der Waals surface area contributed by atoms with Crippen molar-refractivity contribution in [1.82, 2.24) is 30.3 Å². The monoisotopic (exact) mass is 726 g/mol. The molecule has 1 saturated carbocycles. The molecule has 10 nitrogen and oxygen atoms in total. The van der Waals surface area contributed by atoms with E-state index < -0.39 is 5.60 Å². The molecule has 1 amide bonds. The van der Waals surface area contributed by atoms with Gasteiger partial charge in [0.05, 0.1) is 34.1 Å². The number of fused-ring (bicyclic) bond motifs is 1. The lowest BCUT2D eigenvalue weighted by molar-refractivity contribution is -0.119. The SMILES string of the molecule is COc1nc(-c2cccc(-c3cccc(-c4ccn5c(=O)c(C)c(CNC6CC(C)(O)C6)nc5c4)c3Cl)c2Cl)ccc1CNC[C@H]1CCC(=O)N1. The number of carbonyl (C=O) groups excluding carboxylic acids is 1. The van der Waals surface area contributed by atoms with Gasteiger partial charge in [0.25, 0.3) is 5.56 Å². The molecule has 7 rings (SSSR count). The van der Waals surface area contributed by atoms with E-state index in [0.29, 0.717) is 77.4 Å². The summed E-state index contributed by atoms with van der Waals surface area (Å²) >= 11 is 14.3. The van der Waals surface area contributed by atoms with Crippen LogP contribution in [0.15, 0.2) is 71.7 Å². The molecule has 1 aliphatic carbocycles. The van der Waals surface area contributed by atoms with Crippen molar-refractivity contribution in [3.63, 3.8) is 0 Å². The molecule has 4 heterocycles. The molecule has 2 aliphatic rings. The maximum absolute atomic E-state index is 13.3. The first-order valence-electron chi connectivity index (χ1n) is 17.1. The van der Waals surface area contributed by atoms with Gasteiger partial charge in [-0.3, -0.25) is 14.0 Å². The Hall–Kier alpha value is -4.32. The number of rotatable bonds is 11. The summed E-state index contributed by atoms with van der Waals surface area (Å²) in [5.41, 5.74) is 6.40. The van der Waals surface area contributed by atoms with Crippen molar-refractivity contribution in [2.75, 3.05) is 13.7 Å². The van der Waals surface area contributed by atoms with Gasteiger partial charge >= 0.3 is 0 Å². The smallest absolute Gasteiger partial charge is 0.261 e. The van der Waals surface area contributed by atoms with Crippen LogP contribution in [0.1, 0.15) is 49.4 Å². The van der Waals surface area contributed by atoms with Crippen LogP contribution in [-0.2, 0) is 17.9 Å². The number of nitrogens with zero attached hydrogens (tertiary/aromatic N) is 3. The number of aliphatic hydroxyl groups is 1. The predicted molar refractivity (Wildman–Crippen MR) is 200 cm³/mol. The number of hydrogen-bond acceptors (Lipinski definition) is 8. The maximum Gasteiger partial charge on any atom is 0.261 e. The van der Waals surface area contributed by atoms with E-state index in [1.54, 1.807) is 24.6 Å². The summed E-state index contributed by atoms with van der Waals surface area (Å²) in [5, 5.41) is 20.9. The minimum atomic E-state index is -0.636. The van der Waals surface area contributed by atoms with E-state index in [2.05, 4.69) is 16.0 Å². The lowest BCUT2D eigenvalue weighted by atomic mass is 9.77. The van der Waals surface area contributed by atoms with Gasteiger partial charge in [-0.25, -0.2) is 9.97 Å². The van der Waals surface area contributed by atoms with Gasteiger partial charge < -0.3 is 25.8 Å². The fourth-order valence-electron chi connectivity index (χ4n) is 7.04. The second-order valence-electron chi connectivity index (χ2n) is 13.7. The summed E-state index contributed by atoms with van der Waals surface area (Å²) in [4.78, 5) is 34.4. The number of pyridine rings is 2. The van der Waals surface area contributed by atoms with Crippen LogP contribution in [0.4, 0.5) is 0 Å². The molecule has 4 N–H and O–H groups in total. The molecule has 51 heavy (non-hydrogen) atoms. The molecule has 264 valence electrons. The first-order chi connectivity index (χ1) is 24.5. The van der Waals surface area contributed by atoms with E-state index in [1.807, 2.05) is 67.6 Å². The van der Waals surface area contributed by atoms with Gasteiger partial charge in [0.15, 0.2) is 0 Å². The van der Waals surface area contributed by atoms with Crippen molar-refractivity contribution in [2.45, 2.75) is 70.3 Å². The van der Waals surface area contributed by atoms with Gasteiger partial charge in [-0.1, -0.05) is 65.7 Å². The van der Waals surface area contributed by atoms with E-state index in [9.17, 15) is 14.7 Å². The van der Waals surface area contributed by atoms with E-state index >= 15 is 0 Å². The van der Waals surface area contributed by atoms with Crippen LogP contribution in [0.2, 0.25) is 10.0 Å². The van der Waals surface area contributed by atoms with Gasteiger partial charge in [0.2, 0.25) is 11.8 Å². The molecule has 1 aliphatic heterocycles. The van der Waals surface area contributed by atoms with Gasteiger partial charge in [0.1, 0.15) is 5.65 Å². The van der Waals surface area contributed by atoms with Crippen LogP contribution >= 0.6 is 23.2 Å². The average molecular weight is 728 g/mol. The Kier molecular flexibility index (Phi) is 9.88. The summed E-state index contributed by atoms with van der Waals surface area (Å²) in [7, 11) is 1.59. The fraction of sp³-hybridized carbons (Fsp3) is 0.333. The number of halogens is 2. The third-order valence-corrected chi connectivity index (χ3v) is 10.7. The van der Waals surface area contributed by atoms with Crippen LogP contribution in [0.5, 0.6) is 5.88 Å². The lowest BCUT2D eigenvalue weighted by Crippen LogP contribution is -2.51. The van der Waals surface area contributed by atoms with Crippen molar-refractivity contribution >= 4 is 34.8 Å². The highest BCUT2D eigenvalue weighted by Crippen LogP contribution is 2.42. The molecule has 0 unspecified atom stereocenters. The molecular formula is C39H40Cl2N6O4.